The highest BCUT2D eigenvalue weighted by atomic mass is 16.3. The highest BCUT2D eigenvalue weighted by Crippen LogP contribution is 2.47. The summed E-state index contributed by atoms with van der Waals surface area (Å²) in [6.07, 6.45) is 8.79. The van der Waals surface area contributed by atoms with E-state index in [1.807, 2.05) is 12.1 Å². The number of para-hydroxylation sites is 5. The van der Waals surface area contributed by atoms with Crippen LogP contribution in [0.15, 0.2) is 174 Å². The van der Waals surface area contributed by atoms with Crippen LogP contribution in [0.3, 0.4) is 0 Å². The molecule has 284 valence electrons. The summed E-state index contributed by atoms with van der Waals surface area (Å²) < 4.78 is 13.8. The van der Waals surface area contributed by atoms with E-state index >= 15 is 0 Å². The maximum atomic E-state index is 11.5. The Bertz CT molecular complexity index is 3910. The summed E-state index contributed by atoms with van der Waals surface area (Å²) in [6, 6.07) is 56.4. The van der Waals surface area contributed by atoms with Crippen LogP contribution in [-0.4, -0.2) is 13.7 Å². The predicted octanol–water partition coefficient (Wildman–Crippen LogP) is 14.1. The molecule has 2 aliphatic rings. The quantitative estimate of drug-likeness (QED) is 0.167. The smallest absolute Gasteiger partial charge is 0.160 e. The zero-order valence-corrected chi connectivity index (χ0v) is 33.0. The van der Waals surface area contributed by atoms with Gasteiger partial charge in [0.2, 0.25) is 0 Å². The maximum Gasteiger partial charge on any atom is 0.160 e. The van der Waals surface area contributed by atoms with Gasteiger partial charge in [-0.05, 0) is 72.9 Å². The Balaban J connectivity index is 1.11. The molecule has 0 radical (unpaired) electrons. The van der Waals surface area contributed by atoms with E-state index in [1.54, 1.807) is 0 Å². The molecule has 5 heteroatoms. The average molecular weight is 779 g/mol. The van der Waals surface area contributed by atoms with E-state index in [0.29, 0.717) is 12.0 Å². The summed E-state index contributed by atoms with van der Waals surface area (Å²) >= 11 is 0. The normalized spacial score (nSPS) is 14.0. The van der Waals surface area contributed by atoms with Gasteiger partial charge in [0.05, 0.1) is 44.5 Å². The molecule has 0 fully saturated rings. The molecule has 61 heavy (non-hydrogen) atoms. The van der Waals surface area contributed by atoms with Crippen LogP contribution in [-0.2, 0) is 0 Å². The predicted molar refractivity (Wildman–Crippen MR) is 251 cm³/mol. The molecule has 4 heterocycles. The highest BCUT2D eigenvalue weighted by molar-refractivity contribution is 6.27. The molecule has 0 amide bonds. The van der Waals surface area contributed by atoms with E-state index < -0.39 is 0 Å². The Labute approximate surface area is 350 Å². The van der Waals surface area contributed by atoms with Crippen molar-refractivity contribution < 1.29 is 4.42 Å². The minimum atomic E-state index is 0.674. The molecule has 4 aromatic heterocycles. The van der Waals surface area contributed by atoms with Crippen LogP contribution in [0.5, 0.6) is 0 Å². The van der Waals surface area contributed by atoms with Crippen molar-refractivity contribution >= 4 is 93.8 Å². The topological polar surface area (TPSA) is 51.7 Å². The van der Waals surface area contributed by atoms with Crippen molar-refractivity contribution in [3.8, 4) is 29.3 Å². The number of hydrogen-bond donors (Lipinski definition) is 0. The fraction of sp³-hybridized carbons (Fsp3) is 0.0536. The molecule has 5 nitrogen and oxygen atoms in total. The second-order valence-electron chi connectivity index (χ2n) is 15.9. The first-order valence-electron chi connectivity index (χ1n) is 20.9. The molecular weight excluding hydrogens is 745 g/mol. The van der Waals surface area contributed by atoms with Gasteiger partial charge in [-0.25, -0.2) is 0 Å². The average Bonchev–Trinajstić information content (AvgIpc) is 4.00. The molecule has 0 bridgehead atoms. The summed E-state index contributed by atoms with van der Waals surface area (Å²) in [5.74, 6) is 6.96. The first-order valence-corrected chi connectivity index (χ1v) is 20.9. The number of nitriles is 1. The lowest BCUT2D eigenvalue weighted by Crippen LogP contribution is -2.09. The largest absolute Gasteiger partial charge is 0.454 e. The third-order valence-corrected chi connectivity index (χ3v) is 12.8. The molecular formula is C56H34N4O. The molecule has 11 aromatic rings. The SMILES string of the molecule is N#CC1=C(c2ccccc2-n2c3c(c4ccc5c6ccccc6oc5c42)C=CCC#C3)CCC=C1n1c2ccccc2c2ccc3c(c4ccccc4n3-c3ccccc3)c21. The second kappa shape index (κ2) is 12.9. The van der Waals surface area contributed by atoms with Crippen LogP contribution in [0, 0.1) is 23.2 Å². The monoisotopic (exact) mass is 778 g/mol. The first kappa shape index (κ1) is 33.7. The fourth-order valence-corrected chi connectivity index (χ4v) is 10.3. The number of aromatic nitrogens is 3. The van der Waals surface area contributed by atoms with Crippen LogP contribution in [0.4, 0.5) is 0 Å². The third-order valence-electron chi connectivity index (χ3n) is 12.8. The lowest BCUT2D eigenvalue weighted by Gasteiger charge is -2.23. The van der Waals surface area contributed by atoms with Crippen LogP contribution in [0.2, 0.25) is 0 Å². The number of hydrogen-bond acceptors (Lipinski definition) is 2. The molecule has 0 saturated carbocycles. The van der Waals surface area contributed by atoms with Gasteiger partial charge in [0, 0.05) is 60.9 Å². The van der Waals surface area contributed by atoms with Gasteiger partial charge < -0.3 is 13.6 Å². The third kappa shape index (κ3) is 4.66. The lowest BCUT2D eigenvalue weighted by molar-refractivity contribution is 0.671. The number of nitrogens with zero attached hydrogens (tertiary/aromatic N) is 4. The maximum absolute atomic E-state index is 11.5. The lowest BCUT2D eigenvalue weighted by atomic mass is 9.88. The Kier molecular flexibility index (Phi) is 7.11. The van der Waals surface area contributed by atoms with Crippen LogP contribution in [0.1, 0.15) is 36.1 Å². The minimum Gasteiger partial charge on any atom is -0.454 e. The van der Waals surface area contributed by atoms with Crippen LogP contribution < -0.4 is 0 Å². The van der Waals surface area contributed by atoms with Gasteiger partial charge in [-0.1, -0.05) is 127 Å². The molecule has 13 rings (SSSR count). The van der Waals surface area contributed by atoms with Gasteiger partial charge in [-0.3, -0.25) is 4.57 Å². The standard InChI is InChI=1S/C56H34N4O/c57-34-45-36(37-19-7-11-25-46(37)60-48-24-6-2-5-18-39(48)42-30-31-43-40-21-10-14-29-52(40)61-56(43)55(42)60)23-15-28-50(45)59-47-26-12-8-20-38(47)41-32-33-51-53(54(41)59)44-22-9-13-27-49(44)58(51)35-16-3-1-4-17-35/h1,3-5,7-14,16-22,25-33H,2,15,23H2. The molecule has 0 aliphatic heterocycles. The number of benzene rings is 7. The van der Waals surface area contributed by atoms with E-state index in [9.17, 15) is 5.26 Å². The van der Waals surface area contributed by atoms with Crippen LogP contribution >= 0.6 is 0 Å². The number of fused-ring (bicyclic) bond motifs is 14. The Morgan fingerprint density at radius 1 is 0.590 bits per heavy atom. The van der Waals surface area contributed by atoms with Gasteiger partial charge in [0.1, 0.15) is 17.3 Å². The molecule has 0 atom stereocenters. The van der Waals surface area contributed by atoms with E-state index in [0.717, 1.165) is 118 Å². The fourth-order valence-electron chi connectivity index (χ4n) is 10.3. The Morgan fingerprint density at radius 2 is 1.31 bits per heavy atom. The molecule has 0 N–H and O–H groups in total. The molecule has 0 saturated heterocycles. The van der Waals surface area contributed by atoms with Crippen molar-refractivity contribution in [2.75, 3.05) is 0 Å². The van der Waals surface area contributed by atoms with E-state index in [1.165, 1.54) is 10.8 Å². The summed E-state index contributed by atoms with van der Waals surface area (Å²) in [6.45, 7) is 0. The first-order chi connectivity index (χ1) is 30.3. The zero-order valence-electron chi connectivity index (χ0n) is 33.0. The summed E-state index contributed by atoms with van der Waals surface area (Å²) in [7, 11) is 0. The van der Waals surface area contributed by atoms with E-state index in [4.69, 9.17) is 4.42 Å². The summed E-state index contributed by atoms with van der Waals surface area (Å²) in [5.41, 5.74) is 14.8. The molecule has 0 spiro atoms. The highest BCUT2D eigenvalue weighted by Gasteiger charge is 2.29. The molecule has 7 aromatic carbocycles. The van der Waals surface area contributed by atoms with E-state index in [2.05, 4.69) is 189 Å². The number of rotatable bonds is 4. The second-order valence-corrected chi connectivity index (χ2v) is 15.9. The number of furan rings is 1. The number of allylic oxidation sites excluding steroid dienone is 5. The molecule has 2 aliphatic carbocycles. The molecule has 0 unspecified atom stereocenters. The van der Waals surface area contributed by atoms with Crippen molar-refractivity contribution in [3.63, 3.8) is 0 Å². The van der Waals surface area contributed by atoms with Crippen molar-refractivity contribution in [1.29, 1.82) is 5.26 Å². The van der Waals surface area contributed by atoms with Crippen molar-refractivity contribution in [3.05, 3.63) is 186 Å². The van der Waals surface area contributed by atoms with Crippen molar-refractivity contribution in [2.24, 2.45) is 0 Å². The minimum absolute atomic E-state index is 0.674. The van der Waals surface area contributed by atoms with Gasteiger partial charge in [-0.2, -0.15) is 5.26 Å². The zero-order chi connectivity index (χ0) is 40.2. The van der Waals surface area contributed by atoms with Gasteiger partial charge in [0.25, 0.3) is 0 Å². The van der Waals surface area contributed by atoms with Crippen molar-refractivity contribution in [1.82, 2.24) is 13.7 Å². The Hall–Kier alpha value is -8.25. The van der Waals surface area contributed by atoms with Gasteiger partial charge >= 0.3 is 0 Å². The van der Waals surface area contributed by atoms with Gasteiger partial charge in [-0.15, -0.1) is 0 Å². The summed E-state index contributed by atoms with van der Waals surface area (Å²) in [4.78, 5) is 0. The summed E-state index contributed by atoms with van der Waals surface area (Å²) in [5, 5.41) is 19.4. The van der Waals surface area contributed by atoms with Gasteiger partial charge in [0.15, 0.2) is 5.58 Å². The Morgan fingerprint density at radius 3 is 2.18 bits per heavy atom. The van der Waals surface area contributed by atoms with Crippen LogP contribution in [0.25, 0.3) is 105 Å². The van der Waals surface area contributed by atoms with Crippen molar-refractivity contribution in [2.45, 2.75) is 19.3 Å². The van der Waals surface area contributed by atoms with E-state index in [-0.39, 0.29) is 0 Å².